The van der Waals surface area contributed by atoms with Gasteiger partial charge in [0.2, 0.25) is 0 Å². The Hall–Kier alpha value is -1.17. The first kappa shape index (κ1) is 15.7. The second-order valence-corrected chi connectivity index (χ2v) is 7.52. The highest BCUT2D eigenvalue weighted by Gasteiger charge is 2.27. The van der Waals surface area contributed by atoms with Crippen molar-refractivity contribution in [2.45, 2.75) is 0 Å². The van der Waals surface area contributed by atoms with Crippen molar-refractivity contribution in [2.75, 3.05) is 24.6 Å². The molecule has 0 radical (unpaired) electrons. The lowest BCUT2D eigenvalue weighted by molar-refractivity contribution is -0.113. The van der Waals surface area contributed by atoms with Crippen molar-refractivity contribution in [3.8, 4) is 0 Å². The third kappa shape index (κ3) is 3.97. The molecule has 0 atom stereocenters. The molecule has 1 amide bonds. The highest BCUT2D eigenvalue weighted by molar-refractivity contribution is 8.18. The first-order valence-corrected chi connectivity index (χ1v) is 9.35. The van der Waals surface area contributed by atoms with Crippen LogP contribution in [-0.4, -0.2) is 40.6 Å². The number of thioether (sulfide) groups is 2. The van der Waals surface area contributed by atoms with E-state index < -0.39 is 0 Å². The van der Waals surface area contributed by atoms with Crippen molar-refractivity contribution >= 4 is 52.3 Å². The Bertz CT molecular complexity index is 649. The summed E-state index contributed by atoms with van der Waals surface area (Å²) in [6.07, 6.45) is 3.55. The smallest absolute Gasteiger partial charge is 0.286 e. The largest absolute Gasteiger partial charge is 0.349 e. The summed E-state index contributed by atoms with van der Waals surface area (Å²) in [6.45, 7) is 1.90. The second kappa shape index (κ2) is 7.40. The maximum absolute atomic E-state index is 12.0. The molecule has 22 heavy (non-hydrogen) atoms. The minimum absolute atomic E-state index is 0.196. The Morgan fingerprint density at radius 2 is 1.95 bits per heavy atom. The molecule has 0 spiro atoms. The van der Waals surface area contributed by atoms with Gasteiger partial charge >= 0.3 is 0 Å². The fourth-order valence-corrected chi connectivity index (χ4v) is 4.32. The van der Waals surface area contributed by atoms with Gasteiger partial charge in [-0.25, -0.2) is 0 Å². The SMILES string of the molecule is O=C1N=C(N2CCSCC2)SC1=CC(Cl)=Cc1ccccc1. The molecule has 2 aliphatic heterocycles. The van der Waals surface area contributed by atoms with Crippen molar-refractivity contribution in [1.82, 2.24) is 4.90 Å². The van der Waals surface area contributed by atoms with Gasteiger partial charge in [-0.05, 0) is 29.5 Å². The van der Waals surface area contributed by atoms with E-state index in [1.165, 1.54) is 11.8 Å². The van der Waals surface area contributed by atoms with Gasteiger partial charge in [-0.1, -0.05) is 41.9 Å². The fourth-order valence-electron chi connectivity index (χ4n) is 2.16. The predicted octanol–water partition coefficient (Wildman–Crippen LogP) is 3.83. The Morgan fingerprint density at radius 1 is 1.23 bits per heavy atom. The molecule has 0 N–H and O–H groups in total. The van der Waals surface area contributed by atoms with E-state index in [4.69, 9.17) is 11.6 Å². The van der Waals surface area contributed by atoms with Gasteiger partial charge < -0.3 is 4.90 Å². The molecule has 3 nitrogen and oxygen atoms in total. The van der Waals surface area contributed by atoms with E-state index >= 15 is 0 Å². The van der Waals surface area contributed by atoms with Crippen molar-refractivity contribution in [1.29, 1.82) is 0 Å². The van der Waals surface area contributed by atoms with Crippen LogP contribution in [0.5, 0.6) is 0 Å². The van der Waals surface area contributed by atoms with Crippen LogP contribution >= 0.6 is 35.1 Å². The summed E-state index contributed by atoms with van der Waals surface area (Å²) in [5, 5.41) is 1.34. The van der Waals surface area contributed by atoms with Gasteiger partial charge in [-0.3, -0.25) is 4.79 Å². The first-order valence-electron chi connectivity index (χ1n) is 7.00. The van der Waals surface area contributed by atoms with E-state index in [-0.39, 0.29) is 5.91 Å². The number of amides is 1. The number of carbonyl (C=O) groups excluding carboxylic acids is 1. The Labute approximate surface area is 143 Å². The van der Waals surface area contributed by atoms with Gasteiger partial charge in [0.1, 0.15) is 0 Å². The fraction of sp³-hybridized carbons (Fsp3) is 0.250. The average Bonchev–Trinajstić information content (AvgIpc) is 2.90. The van der Waals surface area contributed by atoms with Crippen LogP contribution in [0.3, 0.4) is 0 Å². The van der Waals surface area contributed by atoms with E-state index in [0.29, 0.717) is 9.94 Å². The molecular weight excluding hydrogens is 336 g/mol. The maximum Gasteiger partial charge on any atom is 0.286 e. The van der Waals surface area contributed by atoms with Crippen molar-refractivity contribution in [2.24, 2.45) is 4.99 Å². The number of carbonyl (C=O) groups is 1. The van der Waals surface area contributed by atoms with Gasteiger partial charge in [-0.2, -0.15) is 16.8 Å². The van der Waals surface area contributed by atoms with Crippen LogP contribution in [0.25, 0.3) is 6.08 Å². The molecule has 0 bridgehead atoms. The van der Waals surface area contributed by atoms with E-state index in [1.807, 2.05) is 48.2 Å². The minimum Gasteiger partial charge on any atom is -0.349 e. The van der Waals surface area contributed by atoms with Crippen LogP contribution in [0, 0.1) is 0 Å². The minimum atomic E-state index is -0.196. The number of rotatable bonds is 2. The van der Waals surface area contributed by atoms with Gasteiger partial charge in [-0.15, -0.1) is 0 Å². The molecule has 1 saturated heterocycles. The lowest BCUT2D eigenvalue weighted by Crippen LogP contribution is -2.35. The molecule has 0 saturated carbocycles. The van der Waals surface area contributed by atoms with E-state index in [9.17, 15) is 4.79 Å². The molecule has 3 rings (SSSR count). The summed E-state index contributed by atoms with van der Waals surface area (Å²) in [4.78, 5) is 18.9. The molecule has 1 aromatic rings. The summed E-state index contributed by atoms with van der Waals surface area (Å²) in [6, 6.07) is 9.80. The van der Waals surface area contributed by atoms with Gasteiger partial charge in [0, 0.05) is 29.6 Å². The third-order valence-electron chi connectivity index (χ3n) is 3.26. The highest BCUT2D eigenvalue weighted by Crippen LogP contribution is 2.31. The van der Waals surface area contributed by atoms with Gasteiger partial charge in [0.15, 0.2) is 5.17 Å². The first-order chi connectivity index (χ1) is 10.7. The van der Waals surface area contributed by atoms with Crippen molar-refractivity contribution < 1.29 is 4.79 Å². The van der Waals surface area contributed by atoms with Crippen molar-refractivity contribution in [3.05, 3.63) is 51.9 Å². The van der Waals surface area contributed by atoms with E-state index in [0.717, 1.165) is 35.3 Å². The predicted molar refractivity (Wildman–Crippen MR) is 97.3 cm³/mol. The van der Waals surface area contributed by atoms with Gasteiger partial charge in [0.25, 0.3) is 5.91 Å². The Balaban J connectivity index is 1.71. The quantitative estimate of drug-likeness (QED) is 0.759. The molecule has 0 aliphatic carbocycles. The number of hydrogen-bond acceptors (Lipinski definition) is 4. The van der Waals surface area contributed by atoms with E-state index in [2.05, 4.69) is 9.89 Å². The number of amidine groups is 1. The number of aliphatic imine (C=N–C) groups is 1. The Kier molecular flexibility index (Phi) is 5.28. The summed E-state index contributed by atoms with van der Waals surface area (Å²) in [5.74, 6) is 1.97. The third-order valence-corrected chi connectivity index (χ3v) is 5.47. The van der Waals surface area contributed by atoms with Gasteiger partial charge in [0.05, 0.1) is 4.91 Å². The van der Waals surface area contributed by atoms with E-state index in [1.54, 1.807) is 6.08 Å². The molecule has 6 heteroatoms. The summed E-state index contributed by atoms with van der Waals surface area (Å²) in [7, 11) is 0. The zero-order chi connectivity index (χ0) is 15.4. The summed E-state index contributed by atoms with van der Waals surface area (Å²) >= 11 is 9.60. The Morgan fingerprint density at radius 3 is 2.68 bits per heavy atom. The average molecular weight is 351 g/mol. The highest BCUT2D eigenvalue weighted by atomic mass is 35.5. The lowest BCUT2D eigenvalue weighted by atomic mass is 10.2. The molecular formula is C16H15ClN2OS2. The monoisotopic (exact) mass is 350 g/mol. The molecule has 0 aromatic heterocycles. The molecule has 2 heterocycles. The molecule has 2 aliphatic rings. The maximum atomic E-state index is 12.0. The number of hydrogen-bond donors (Lipinski definition) is 0. The van der Waals surface area contributed by atoms with Crippen LogP contribution in [0.1, 0.15) is 5.56 Å². The van der Waals surface area contributed by atoms with Crippen LogP contribution in [-0.2, 0) is 4.79 Å². The van der Waals surface area contributed by atoms with Crippen LogP contribution in [0.15, 0.2) is 51.3 Å². The molecule has 114 valence electrons. The topological polar surface area (TPSA) is 32.7 Å². The molecule has 1 fully saturated rings. The second-order valence-electron chi connectivity index (χ2n) is 4.85. The zero-order valence-corrected chi connectivity index (χ0v) is 14.3. The van der Waals surface area contributed by atoms with Crippen LogP contribution < -0.4 is 0 Å². The zero-order valence-electron chi connectivity index (χ0n) is 11.9. The number of benzene rings is 1. The standard InChI is InChI=1S/C16H15ClN2OS2/c17-13(10-12-4-2-1-3-5-12)11-14-15(20)18-16(22-14)19-6-8-21-9-7-19/h1-5,10-11H,6-9H2. The molecule has 0 unspecified atom stereocenters. The number of allylic oxidation sites excluding steroid dienone is 2. The molecule has 1 aromatic carbocycles. The lowest BCUT2D eigenvalue weighted by Gasteiger charge is -2.26. The summed E-state index contributed by atoms with van der Waals surface area (Å²) < 4.78 is 0. The van der Waals surface area contributed by atoms with Crippen LogP contribution in [0.4, 0.5) is 0 Å². The number of nitrogens with zero attached hydrogens (tertiary/aromatic N) is 2. The number of halogens is 1. The normalized spacial score (nSPS) is 21.4. The van der Waals surface area contributed by atoms with Crippen LogP contribution in [0.2, 0.25) is 0 Å². The van der Waals surface area contributed by atoms with Crippen molar-refractivity contribution in [3.63, 3.8) is 0 Å². The summed E-state index contributed by atoms with van der Waals surface area (Å²) in [5.41, 5.74) is 1.01.